The van der Waals surface area contributed by atoms with E-state index in [0.717, 1.165) is 27.5 Å². The normalized spacial score (nSPS) is 24.0. The van der Waals surface area contributed by atoms with Gasteiger partial charge in [0.15, 0.2) is 0 Å². The maximum absolute atomic E-state index is 10.7. The van der Waals surface area contributed by atoms with Crippen LogP contribution in [0.4, 0.5) is 5.69 Å². The van der Waals surface area contributed by atoms with E-state index in [0.29, 0.717) is 17.6 Å². The first-order valence-corrected chi connectivity index (χ1v) is 9.45. The summed E-state index contributed by atoms with van der Waals surface area (Å²) >= 11 is 3.60. The quantitative estimate of drug-likeness (QED) is 0.488. The molecule has 3 aromatic carbocycles. The summed E-state index contributed by atoms with van der Waals surface area (Å²) in [5, 5.41) is 16.7. The Labute approximate surface area is 155 Å². The Morgan fingerprint density at radius 2 is 1.92 bits per heavy atom. The van der Waals surface area contributed by atoms with Gasteiger partial charge in [0.2, 0.25) is 0 Å². The molecule has 2 aliphatic rings. The van der Waals surface area contributed by atoms with Gasteiger partial charge in [-0.15, -0.1) is 0 Å². The first-order valence-electron chi connectivity index (χ1n) is 8.65. The number of hydrogen-bond donors (Lipinski definition) is 2. The minimum Gasteiger partial charge on any atom is -0.508 e. The molecule has 3 unspecified atom stereocenters. The molecular weight excluding hydrogens is 374 g/mol. The number of rotatable bonds is 1. The summed E-state index contributed by atoms with van der Waals surface area (Å²) in [6.07, 6.45) is 5.63. The summed E-state index contributed by atoms with van der Waals surface area (Å²) < 4.78 is 1.11. The lowest BCUT2D eigenvalue weighted by molar-refractivity contribution is 0.404. The third-order valence-electron chi connectivity index (χ3n) is 5.58. The maximum Gasteiger partial charge on any atom is 0.121 e. The average molecular weight is 392 g/mol. The minimum atomic E-state index is 0.0970. The zero-order valence-electron chi connectivity index (χ0n) is 13.6. The number of allylic oxidation sites excluding steroid dienone is 2. The van der Waals surface area contributed by atoms with Gasteiger partial charge in [0.05, 0.1) is 6.04 Å². The fourth-order valence-corrected chi connectivity index (χ4v) is 4.84. The molecule has 0 radical (unpaired) electrons. The largest absolute Gasteiger partial charge is 0.508 e. The molecule has 2 nitrogen and oxygen atoms in total. The zero-order chi connectivity index (χ0) is 17.0. The molecule has 2 N–H and O–H groups in total. The van der Waals surface area contributed by atoms with Crippen molar-refractivity contribution in [2.75, 3.05) is 5.32 Å². The lowest BCUT2D eigenvalue weighted by Gasteiger charge is -2.38. The third kappa shape index (κ3) is 2.30. The fraction of sp³-hybridized carbons (Fsp3) is 0.182. The van der Waals surface area contributed by atoms with Crippen LogP contribution in [0, 0.1) is 5.92 Å². The Kier molecular flexibility index (Phi) is 3.39. The van der Waals surface area contributed by atoms with Crippen molar-refractivity contribution in [2.45, 2.75) is 18.4 Å². The maximum atomic E-state index is 10.7. The Balaban J connectivity index is 1.71. The minimum absolute atomic E-state index is 0.0970. The van der Waals surface area contributed by atoms with Crippen molar-refractivity contribution in [3.8, 4) is 5.75 Å². The summed E-state index contributed by atoms with van der Waals surface area (Å²) in [5.41, 5.74) is 3.52. The summed E-state index contributed by atoms with van der Waals surface area (Å²) in [6.45, 7) is 0. The van der Waals surface area contributed by atoms with E-state index in [1.807, 2.05) is 24.3 Å². The van der Waals surface area contributed by atoms with E-state index in [4.69, 9.17) is 0 Å². The number of halogens is 1. The van der Waals surface area contributed by atoms with Crippen molar-refractivity contribution in [1.29, 1.82) is 0 Å². The molecule has 25 heavy (non-hydrogen) atoms. The molecule has 3 aromatic rings. The molecular formula is C22H18BrNO. The fourth-order valence-electron chi connectivity index (χ4n) is 4.46. The van der Waals surface area contributed by atoms with E-state index in [9.17, 15) is 5.11 Å². The molecule has 1 heterocycles. The van der Waals surface area contributed by atoms with Crippen molar-refractivity contribution in [3.05, 3.63) is 82.3 Å². The summed E-state index contributed by atoms with van der Waals surface area (Å²) in [6, 6.07) is 18.7. The van der Waals surface area contributed by atoms with Crippen molar-refractivity contribution >= 4 is 32.4 Å². The van der Waals surface area contributed by atoms with Gasteiger partial charge in [-0.05, 0) is 52.9 Å². The van der Waals surface area contributed by atoms with Gasteiger partial charge in [0, 0.05) is 21.6 Å². The number of fused-ring (bicyclic) bond motifs is 4. The Hall–Kier alpha value is -2.26. The number of phenols is 1. The Bertz CT molecular complexity index is 1010. The number of phenolic OH excluding ortho intramolecular Hbond substituents is 1. The highest BCUT2D eigenvalue weighted by molar-refractivity contribution is 9.10. The molecule has 0 saturated heterocycles. The van der Waals surface area contributed by atoms with Gasteiger partial charge in [-0.25, -0.2) is 0 Å². The second-order valence-corrected chi connectivity index (χ2v) is 7.84. The highest BCUT2D eigenvalue weighted by atomic mass is 79.9. The first-order chi connectivity index (χ1) is 12.2. The van der Waals surface area contributed by atoms with Gasteiger partial charge in [-0.2, -0.15) is 0 Å². The van der Waals surface area contributed by atoms with Crippen LogP contribution in [-0.2, 0) is 0 Å². The molecule has 0 spiro atoms. The van der Waals surface area contributed by atoms with Crippen molar-refractivity contribution in [3.63, 3.8) is 0 Å². The van der Waals surface area contributed by atoms with Crippen LogP contribution < -0.4 is 5.32 Å². The lowest BCUT2D eigenvalue weighted by atomic mass is 9.76. The van der Waals surface area contributed by atoms with Gasteiger partial charge in [0.25, 0.3) is 0 Å². The Morgan fingerprint density at radius 3 is 2.84 bits per heavy atom. The van der Waals surface area contributed by atoms with Gasteiger partial charge in [0.1, 0.15) is 5.75 Å². The predicted octanol–water partition coefficient (Wildman–Crippen LogP) is 6.13. The van der Waals surface area contributed by atoms with Crippen molar-refractivity contribution < 1.29 is 5.11 Å². The van der Waals surface area contributed by atoms with Crippen LogP contribution in [0.2, 0.25) is 0 Å². The molecule has 124 valence electrons. The molecule has 3 atom stereocenters. The summed E-state index contributed by atoms with van der Waals surface area (Å²) in [5.74, 6) is 1.18. The molecule has 0 saturated carbocycles. The van der Waals surface area contributed by atoms with Crippen LogP contribution in [0.3, 0.4) is 0 Å². The summed E-state index contributed by atoms with van der Waals surface area (Å²) in [7, 11) is 0. The molecule has 5 rings (SSSR count). The van der Waals surface area contributed by atoms with Gasteiger partial charge < -0.3 is 10.4 Å². The van der Waals surface area contributed by atoms with Crippen LogP contribution in [0.5, 0.6) is 5.75 Å². The van der Waals surface area contributed by atoms with Crippen molar-refractivity contribution in [1.82, 2.24) is 0 Å². The number of anilines is 1. The smallest absolute Gasteiger partial charge is 0.121 e. The van der Waals surface area contributed by atoms with E-state index in [1.165, 1.54) is 10.9 Å². The summed E-state index contributed by atoms with van der Waals surface area (Å²) in [4.78, 5) is 0. The standard InChI is InChI=1S/C22H18BrNO/c23-14-9-10-19-18(12-14)16-6-3-7-17(16)22(24-19)21-15-5-2-1-4-13(15)8-11-20(21)25/h1-6,8-12,16-17,22,24-25H,7H2. The monoisotopic (exact) mass is 391 g/mol. The first kappa shape index (κ1) is 15.0. The van der Waals surface area contributed by atoms with Gasteiger partial charge >= 0.3 is 0 Å². The van der Waals surface area contributed by atoms with E-state index < -0.39 is 0 Å². The molecule has 1 aliphatic carbocycles. The highest BCUT2D eigenvalue weighted by Gasteiger charge is 2.39. The van der Waals surface area contributed by atoms with Crippen LogP contribution in [0.25, 0.3) is 10.8 Å². The van der Waals surface area contributed by atoms with E-state index in [-0.39, 0.29) is 6.04 Å². The van der Waals surface area contributed by atoms with Crippen LogP contribution in [0.1, 0.15) is 29.5 Å². The molecule has 1 aliphatic heterocycles. The SMILES string of the molecule is Oc1ccc2ccccc2c1C1Nc2ccc(Br)cc2C2C=CCC21. The lowest BCUT2D eigenvalue weighted by Crippen LogP contribution is -2.29. The number of hydrogen-bond acceptors (Lipinski definition) is 2. The van der Waals surface area contributed by atoms with Crippen LogP contribution >= 0.6 is 15.9 Å². The predicted molar refractivity (Wildman–Crippen MR) is 106 cm³/mol. The van der Waals surface area contributed by atoms with E-state index >= 15 is 0 Å². The molecule has 0 aromatic heterocycles. The molecule has 0 amide bonds. The second-order valence-electron chi connectivity index (χ2n) is 6.93. The number of nitrogens with one attached hydrogen (secondary N) is 1. The Morgan fingerprint density at radius 1 is 1.04 bits per heavy atom. The topological polar surface area (TPSA) is 32.3 Å². The van der Waals surface area contributed by atoms with Crippen LogP contribution in [-0.4, -0.2) is 5.11 Å². The number of aromatic hydroxyl groups is 1. The molecule has 3 heteroatoms. The van der Waals surface area contributed by atoms with E-state index in [1.54, 1.807) is 0 Å². The van der Waals surface area contributed by atoms with Crippen molar-refractivity contribution in [2.24, 2.45) is 5.92 Å². The van der Waals surface area contributed by atoms with Crippen LogP contribution in [0.15, 0.2) is 71.2 Å². The zero-order valence-corrected chi connectivity index (χ0v) is 15.2. The van der Waals surface area contributed by atoms with Gasteiger partial charge in [-0.1, -0.05) is 58.4 Å². The highest BCUT2D eigenvalue weighted by Crippen LogP contribution is 2.52. The molecule has 0 bridgehead atoms. The second kappa shape index (κ2) is 5.63. The number of benzene rings is 3. The third-order valence-corrected chi connectivity index (χ3v) is 6.08. The van der Waals surface area contributed by atoms with Gasteiger partial charge in [-0.3, -0.25) is 0 Å². The van der Waals surface area contributed by atoms with E-state index in [2.05, 4.69) is 63.7 Å². The average Bonchev–Trinajstić information content (AvgIpc) is 3.12. The molecule has 0 fully saturated rings.